The van der Waals surface area contributed by atoms with Crippen LogP contribution in [0.4, 0.5) is 34.1 Å². The lowest BCUT2D eigenvalue weighted by Gasteiger charge is -2.28. The number of fused-ring (bicyclic) bond motifs is 4. The Morgan fingerprint density at radius 3 is 1.21 bits per heavy atom. The number of benzene rings is 9. The average Bonchev–Trinajstić information content (AvgIpc) is 1.64. The minimum Gasteiger partial charge on any atom is -0.691 e. The van der Waals surface area contributed by atoms with Crippen LogP contribution in [0, 0.1) is 6.92 Å². The summed E-state index contributed by atoms with van der Waals surface area (Å²) in [7, 11) is 0. The van der Waals surface area contributed by atoms with Gasteiger partial charge in [-0.1, -0.05) is 209 Å². The lowest BCUT2D eigenvalue weighted by Crippen LogP contribution is -3.11. The zero-order valence-corrected chi connectivity index (χ0v) is 82.7. The molecule has 2 aliphatic heterocycles. The minimum atomic E-state index is 0.491. The van der Waals surface area contributed by atoms with Crippen LogP contribution in [0.2, 0.25) is 10.0 Å². The van der Waals surface area contributed by atoms with Crippen LogP contribution >= 0.6 is 118 Å². The van der Waals surface area contributed by atoms with Crippen molar-refractivity contribution in [1.82, 2.24) is 0 Å². The van der Waals surface area contributed by atoms with Gasteiger partial charge in [-0.25, -0.2) is 0 Å². The molecule has 0 saturated heterocycles. The summed E-state index contributed by atoms with van der Waals surface area (Å²) in [5, 5.41) is 61.1. The van der Waals surface area contributed by atoms with Gasteiger partial charge in [-0.05, 0) is 235 Å². The van der Waals surface area contributed by atoms with E-state index in [1.807, 2.05) is 30.3 Å². The van der Waals surface area contributed by atoms with E-state index in [2.05, 4.69) is 357 Å². The van der Waals surface area contributed by atoms with E-state index in [4.69, 9.17) is 23.2 Å². The number of rotatable bonds is 43. The molecule has 30 heteroatoms. The molecule has 4 heterocycles. The van der Waals surface area contributed by atoms with Crippen LogP contribution in [0.15, 0.2) is 314 Å². The Morgan fingerprint density at radius 2 is 0.779 bits per heavy atom. The van der Waals surface area contributed by atoms with Crippen molar-refractivity contribution in [3.63, 3.8) is 0 Å². The van der Waals surface area contributed by atoms with Crippen LogP contribution < -0.4 is 59.6 Å². The predicted molar refractivity (Wildman–Crippen MR) is 539 cm³/mol. The maximum Gasteiger partial charge on any atom is 0.262 e. The van der Waals surface area contributed by atoms with Crippen LogP contribution in [0.25, 0.3) is 43.7 Å². The predicted octanol–water partition coefficient (Wildman–Crippen LogP) is 21.1. The van der Waals surface area contributed by atoms with Gasteiger partial charge >= 0.3 is 0 Å². The Kier molecular flexibility index (Phi) is 42.9. The van der Waals surface area contributed by atoms with Crippen molar-refractivity contribution in [1.29, 1.82) is 0 Å². The molecule has 0 radical (unpaired) electrons. The van der Waals surface area contributed by atoms with E-state index in [0.29, 0.717) is 39.6 Å². The standard InChI is InChI=1S/C47H41Cl2N3O6S4.C42H41N3O6S4.2C6H15N/c48-39-31-42-44(32-40(39)49)62-46(51(42)27-11-29-60-58-56-54)25-22-35-19-18-34(47(35)52(37-14-6-2-7-15-37)38-16-8-3-9-17-38)21-24-45-50(26-10-28-59-57-55-53)41-30-36(20-23-43(41)61-45)33-12-4-1-5-13-33;1-31-18-23-39-37(30-31)44(27-11-29-53-51-49-47)41(55-39)25-22-33-20-19-32(42(33)45(34-12-4-2-5-13-34)35-14-6-3-7-15-35)21-24-40-43(26-10-28-52-50-48-46)36-16-8-9-17-38(36)54-40;2*1-4-7(5-2)6-3/h1-9,12-17,20-25,30-32H,10-11,18-19,26-29H2,(H-,53,54);2-9,12-18,21-25,30H,10-11,19-20,26-29H2,1H3,(H-,46,47);2*4-6H2,1-3H3. The number of thioether (sulfide) groups is 2. The van der Waals surface area contributed by atoms with Crippen molar-refractivity contribution in [2.45, 2.75) is 123 Å². The highest BCUT2D eigenvalue weighted by atomic mass is 35.5. The number of thiazole rings is 2. The van der Waals surface area contributed by atoms with Crippen molar-refractivity contribution in [2.75, 3.05) is 95.0 Å². The highest BCUT2D eigenvalue weighted by molar-refractivity contribution is 8.04. The lowest BCUT2D eigenvalue weighted by atomic mass is 10.0. The van der Waals surface area contributed by atoms with Crippen LogP contribution in [-0.4, -0.2) is 75.4 Å². The summed E-state index contributed by atoms with van der Waals surface area (Å²) in [6.07, 6.45) is 24.7. The monoisotopic (exact) mass is 1950 g/mol. The summed E-state index contributed by atoms with van der Waals surface area (Å²) >= 11 is 24.1. The van der Waals surface area contributed by atoms with Crippen LogP contribution in [0.3, 0.4) is 0 Å². The van der Waals surface area contributed by atoms with E-state index >= 15 is 0 Å². The van der Waals surface area contributed by atoms with Gasteiger partial charge in [-0.15, -0.1) is 0 Å². The van der Waals surface area contributed by atoms with E-state index in [9.17, 15) is 21.0 Å². The summed E-state index contributed by atoms with van der Waals surface area (Å²) in [6, 6.07) is 78.1. The van der Waals surface area contributed by atoms with Crippen molar-refractivity contribution in [3.05, 3.63) is 330 Å². The first-order valence-electron chi connectivity index (χ1n) is 44.2. The van der Waals surface area contributed by atoms with Crippen molar-refractivity contribution >= 4 is 184 Å². The van der Waals surface area contributed by atoms with Gasteiger partial charge in [0, 0.05) is 154 Å². The molecule has 4 aliphatic rings. The molecule has 0 atom stereocenters. The average molecular weight is 1960 g/mol. The molecule has 2 N–H and O–H groups in total. The lowest BCUT2D eigenvalue weighted by molar-refractivity contribution is -0.894. The molecule has 15 rings (SSSR count). The maximum atomic E-state index is 10.5. The molecule has 11 aromatic rings. The highest BCUT2D eigenvalue weighted by Gasteiger charge is 2.33. The van der Waals surface area contributed by atoms with Gasteiger partial charge in [-0.3, -0.25) is 20.2 Å². The Bertz CT molecular complexity index is 5570. The number of nitrogens with zero attached hydrogens (tertiary/aromatic N) is 6. The van der Waals surface area contributed by atoms with Crippen LogP contribution in [0.5, 0.6) is 0 Å². The van der Waals surface area contributed by atoms with E-state index in [1.165, 1.54) is 98.5 Å². The fourth-order valence-corrected chi connectivity index (χ4v) is 22.1. The molecule has 131 heavy (non-hydrogen) atoms. The third-order valence-electron chi connectivity index (χ3n) is 22.6. The van der Waals surface area contributed by atoms with Crippen molar-refractivity contribution < 1.29 is 77.5 Å². The molecule has 0 amide bonds. The summed E-state index contributed by atoms with van der Waals surface area (Å²) in [4.78, 5) is 15.3. The molecule has 0 spiro atoms. The topological polar surface area (TPSA) is 196 Å². The molecular weight excluding hydrogens is 1840 g/mol. The van der Waals surface area contributed by atoms with E-state index in [1.54, 1.807) is 56.0 Å². The summed E-state index contributed by atoms with van der Waals surface area (Å²) < 4.78 is 25.0. The second-order valence-electron chi connectivity index (χ2n) is 30.6. The Morgan fingerprint density at radius 1 is 0.397 bits per heavy atom. The Labute approximate surface area is 814 Å². The molecule has 2 aromatic heterocycles. The highest BCUT2D eigenvalue weighted by Crippen LogP contribution is 2.51. The van der Waals surface area contributed by atoms with Crippen LogP contribution in [-0.2, 0) is 50.6 Å². The SMILES string of the molecule is CC[NH+](CC)CC.CC[NH+](CC)CC.Cc1ccc2c(c1)N(CCCSOO[O-])/C(=C/C=C1CCC(/C=C/c3sc4ccccc4[n+]3CCCSOO[O-])=C1N(c1ccccc1)c1ccccc1)S2.[O-]OOSCCCN1/C(=C/C=C2CCC(/C=C/c3sc4cc(Cl)c(Cl)cc4[n+]3CCCSOO[O-])=C2N(c2ccccc2)c2ccccc2)Sc2ccc(-c3ccccc3)cc21. The number of allylic oxidation sites excluding steroid dienone is 10. The van der Waals surface area contributed by atoms with E-state index in [0.717, 1.165) is 195 Å². The first-order chi connectivity index (χ1) is 64.3. The smallest absolute Gasteiger partial charge is 0.262 e. The van der Waals surface area contributed by atoms with Gasteiger partial charge in [0.25, 0.3) is 10.0 Å². The molecule has 0 fully saturated rings. The molecule has 20 nitrogen and oxygen atoms in total. The van der Waals surface area contributed by atoms with Crippen molar-refractivity contribution in [2.24, 2.45) is 0 Å². The second-order valence-corrected chi connectivity index (χ2v) is 38.8. The number of hydrogen-bond acceptors (Lipinski definition) is 24. The fraction of sp³-hybridized carbons (Fsp3) is 0.287. The van der Waals surface area contributed by atoms with Gasteiger partial charge in [0.15, 0.2) is 13.1 Å². The number of para-hydroxylation sites is 5. The van der Waals surface area contributed by atoms with Gasteiger partial charge in [0.2, 0.25) is 11.0 Å². The number of hydrogen-bond donors (Lipinski definition) is 2. The van der Waals surface area contributed by atoms with Gasteiger partial charge < -0.3 is 50.4 Å². The number of nitrogens with one attached hydrogen (secondary N) is 2. The van der Waals surface area contributed by atoms with Gasteiger partial charge in [0.1, 0.15) is 9.40 Å². The molecule has 0 unspecified atom stereocenters. The number of aryl methyl sites for hydroxylation is 3. The number of halogens is 2. The van der Waals surface area contributed by atoms with Crippen molar-refractivity contribution in [3.8, 4) is 11.1 Å². The normalized spacial score (nSPS) is 14.9. The minimum absolute atomic E-state index is 0.491. The number of quaternary nitrogens is 2. The first-order valence-corrected chi connectivity index (χ1v) is 51.9. The molecule has 0 saturated carbocycles. The molecule has 2 aliphatic carbocycles. The van der Waals surface area contributed by atoms with Crippen LogP contribution in [0.1, 0.15) is 108 Å². The third-order valence-corrected chi connectivity index (χ3v) is 30.3. The number of anilines is 6. The molecule has 9 aromatic carbocycles. The Balaban J connectivity index is 0.000000207. The quantitative estimate of drug-likeness (QED) is 0.0120. The molecule has 690 valence electrons. The fourth-order valence-electron chi connectivity index (χ4n) is 16.0. The largest absolute Gasteiger partial charge is 0.691 e. The van der Waals surface area contributed by atoms with E-state index in [-0.39, 0.29) is 0 Å². The molecule has 0 bridgehead atoms. The van der Waals surface area contributed by atoms with E-state index < -0.39 is 0 Å². The Hall–Kier alpha value is -8.00. The molecular formula is C101H112Cl2N8O12S8. The zero-order chi connectivity index (χ0) is 91.9. The first kappa shape index (κ1) is 102. The maximum absolute atomic E-state index is 10.5. The zero-order valence-electron chi connectivity index (χ0n) is 74.6. The van der Waals surface area contributed by atoms with Gasteiger partial charge in [0.05, 0.1) is 82.1 Å². The number of aromatic nitrogens is 2. The second kappa shape index (κ2) is 55.1. The third kappa shape index (κ3) is 28.8. The van der Waals surface area contributed by atoms with Gasteiger partial charge in [-0.2, -0.15) is 26.5 Å². The summed E-state index contributed by atoms with van der Waals surface area (Å²) in [6.45, 7) is 26.0. The summed E-state index contributed by atoms with van der Waals surface area (Å²) in [5.41, 5.74) is 19.6. The summed E-state index contributed by atoms with van der Waals surface area (Å²) in [5.74, 6) is 2.43.